The maximum atomic E-state index is 4.58. The molecule has 2 heterocycles. The van der Waals surface area contributed by atoms with Crippen LogP contribution in [0.2, 0.25) is 0 Å². The minimum absolute atomic E-state index is 0.698. The SMILES string of the molecule is CCCC1CCN(c2cc(CNCC(C)C)ccn2)CC1. The van der Waals surface area contributed by atoms with Gasteiger partial charge in [-0.2, -0.15) is 0 Å². The van der Waals surface area contributed by atoms with Gasteiger partial charge in [0.25, 0.3) is 0 Å². The molecule has 118 valence electrons. The first-order valence-electron chi connectivity index (χ1n) is 8.59. The largest absolute Gasteiger partial charge is 0.357 e. The Morgan fingerprint density at radius 1 is 1.33 bits per heavy atom. The van der Waals surface area contributed by atoms with Crippen LogP contribution in [0.3, 0.4) is 0 Å². The van der Waals surface area contributed by atoms with Gasteiger partial charge in [0.2, 0.25) is 0 Å². The van der Waals surface area contributed by atoms with E-state index in [1.54, 1.807) is 0 Å². The fourth-order valence-electron chi connectivity index (χ4n) is 3.11. The third kappa shape index (κ3) is 5.31. The Morgan fingerprint density at radius 3 is 2.76 bits per heavy atom. The van der Waals surface area contributed by atoms with Crippen molar-refractivity contribution in [3.05, 3.63) is 23.9 Å². The average Bonchev–Trinajstić information content (AvgIpc) is 2.48. The first-order valence-corrected chi connectivity index (χ1v) is 8.59. The van der Waals surface area contributed by atoms with Crippen LogP contribution in [0.4, 0.5) is 5.82 Å². The molecule has 21 heavy (non-hydrogen) atoms. The summed E-state index contributed by atoms with van der Waals surface area (Å²) < 4.78 is 0. The molecule has 0 spiro atoms. The Balaban J connectivity index is 1.86. The second kappa shape index (κ2) is 8.38. The molecule has 1 aromatic rings. The van der Waals surface area contributed by atoms with Crippen LogP contribution in [-0.2, 0) is 6.54 Å². The van der Waals surface area contributed by atoms with Crippen molar-refractivity contribution in [1.82, 2.24) is 10.3 Å². The molecule has 1 aromatic heterocycles. The molecule has 2 rings (SSSR count). The van der Waals surface area contributed by atoms with Gasteiger partial charge in [0.15, 0.2) is 0 Å². The van der Waals surface area contributed by atoms with Gasteiger partial charge in [-0.05, 0) is 48.9 Å². The van der Waals surface area contributed by atoms with E-state index in [4.69, 9.17) is 0 Å². The number of hydrogen-bond acceptors (Lipinski definition) is 3. The second-order valence-electron chi connectivity index (χ2n) is 6.77. The van der Waals surface area contributed by atoms with Crippen molar-refractivity contribution >= 4 is 5.82 Å². The van der Waals surface area contributed by atoms with Crippen molar-refractivity contribution in [3.63, 3.8) is 0 Å². The van der Waals surface area contributed by atoms with Gasteiger partial charge in [0.1, 0.15) is 5.82 Å². The summed E-state index contributed by atoms with van der Waals surface area (Å²) >= 11 is 0. The van der Waals surface area contributed by atoms with Gasteiger partial charge >= 0.3 is 0 Å². The lowest BCUT2D eigenvalue weighted by molar-refractivity contribution is 0.377. The molecular formula is C18H31N3. The average molecular weight is 289 g/mol. The number of anilines is 1. The van der Waals surface area contributed by atoms with Crippen molar-refractivity contribution in [2.24, 2.45) is 11.8 Å². The van der Waals surface area contributed by atoms with Gasteiger partial charge in [0, 0.05) is 25.8 Å². The number of nitrogens with one attached hydrogen (secondary N) is 1. The molecule has 1 saturated heterocycles. The van der Waals surface area contributed by atoms with E-state index in [0.717, 1.165) is 24.8 Å². The van der Waals surface area contributed by atoms with E-state index in [0.29, 0.717) is 5.92 Å². The smallest absolute Gasteiger partial charge is 0.128 e. The maximum absolute atomic E-state index is 4.58. The Bertz CT molecular complexity index is 409. The molecule has 0 amide bonds. The van der Waals surface area contributed by atoms with Crippen molar-refractivity contribution in [2.75, 3.05) is 24.5 Å². The van der Waals surface area contributed by atoms with E-state index in [9.17, 15) is 0 Å². The minimum atomic E-state index is 0.698. The quantitative estimate of drug-likeness (QED) is 0.826. The van der Waals surface area contributed by atoms with E-state index in [1.165, 1.54) is 44.3 Å². The minimum Gasteiger partial charge on any atom is -0.357 e. The van der Waals surface area contributed by atoms with Crippen molar-refractivity contribution in [2.45, 2.75) is 53.0 Å². The van der Waals surface area contributed by atoms with Gasteiger partial charge in [-0.3, -0.25) is 0 Å². The third-order valence-electron chi connectivity index (χ3n) is 4.33. The second-order valence-corrected chi connectivity index (χ2v) is 6.77. The van der Waals surface area contributed by atoms with Crippen molar-refractivity contribution in [3.8, 4) is 0 Å². The number of aromatic nitrogens is 1. The molecule has 1 N–H and O–H groups in total. The molecule has 0 atom stereocenters. The van der Waals surface area contributed by atoms with Crippen LogP contribution in [0, 0.1) is 11.8 Å². The van der Waals surface area contributed by atoms with Crippen LogP contribution in [-0.4, -0.2) is 24.6 Å². The molecule has 1 aliphatic rings. The number of hydrogen-bond donors (Lipinski definition) is 1. The van der Waals surface area contributed by atoms with E-state index in [-0.39, 0.29) is 0 Å². The first-order chi connectivity index (χ1) is 10.2. The summed E-state index contributed by atoms with van der Waals surface area (Å²) in [5.74, 6) is 2.79. The lowest BCUT2D eigenvalue weighted by atomic mass is 9.92. The van der Waals surface area contributed by atoms with Crippen LogP contribution in [0.15, 0.2) is 18.3 Å². The summed E-state index contributed by atoms with van der Waals surface area (Å²) in [6.45, 7) is 11.1. The summed E-state index contributed by atoms with van der Waals surface area (Å²) in [4.78, 5) is 7.03. The van der Waals surface area contributed by atoms with Crippen LogP contribution in [0.5, 0.6) is 0 Å². The standard InChI is InChI=1S/C18H31N3/c1-4-5-16-7-10-21(11-8-16)18-12-17(6-9-20-18)14-19-13-15(2)3/h6,9,12,15-16,19H,4-5,7-8,10-11,13-14H2,1-3H3. The summed E-state index contributed by atoms with van der Waals surface area (Å²) in [7, 11) is 0. The zero-order valence-corrected chi connectivity index (χ0v) is 13.9. The van der Waals surface area contributed by atoms with E-state index < -0.39 is 0 Å². The lowest BCUT2D eigenvalue weighted by Crippen LogP contribution is -2.34. The Morgan fingerprint density at radius 2 is 2.10 bits per heavy atom. The van der Waals surface area contributed by atoms with Crippen LogP contribution in [0.1, 0.15) is 52.0 Å². The monoisotopic (exact) mass is 289 g/mol. The van der Waals surface area contributed by atoms with Gasteiger partial charge in [-0.25, -0.2) is 4.98 Å². The fraction of sp³-hybridized carbons (Fsp3) is 0.722. The predicted octanol–water partition coefficient (Wildman–Crippen LogP) is 3.84. The number of nitrogens with zero attached hydrogens (tertiary/aromatic N) is 2. The summed E-state index contributed by atoms with van der Waals surface area (Å²) in [6, 6.07) is 4.38. The third-order valence-corrected chi connectivity index (χ3v) is 4.33. The van der Waals surface area contributed by atoms with Gasteiger partial charge < -0.3 is 10.2 Å². The molecule has 1 aliphatic heterocycles. The fourth-order valence-corrected chi connectivity index (χ4v) is 3.11. The summed E-state index contributed by atoms with van der Waals surface area (Å²) in [5, 5.41) is 3.51. The molecule has 0 radical (unpaired) electrons. The number of piperidine rings is 1. The highest BCUT2D eigenvalue weighted by Gasteiger charge is 2.19. The molecule has 0 aromatic carbocycles. The summed E-state index contributed by atoms with van der Waals surface area (Å²) in [5.41, 5.74) is 1.34. The van der Waals surface area contributed by atoms with E-state index >= 15 is 0 Å². The van der Waals surface area contributed by atoms with Crippen LogP contribution < -0.4 is 10.2 Å². The van der Waals surface area contributed by atoms with Crippen LogP contribution >= 0.6 is 0 Å². The van der Waals surface area contributed by atoms with Crippen LogP contribution in [0.25, 0.3) is 0 Å². The first kappa shape index (κ1) is 16.3. The number of rotatable bonds is 7. The Kier molecular flexibility index (Phi) is 6.50. The molecule has 0 saturated carbocycles. The topological polar surface area (TPSA) is 28.2 Å². The van der Waals surface area contributed by atoms with E-state index in [1.807, 2.05) is 6.20 Å². The molecule has 1 fully saturated rings. The number of pyridine rings is 1. The molecule has 0 bridgehead atoms. The summed E-state index contributed by atoms with van der Waals surface area (Å²) in [6.07, 6.45) is 7.32. The molecule has 0 aliphatic carbocycles. The highest BCUT2D eigenvalue weighted by molar-refractivity contribution is 5.41. The van der Waals surface area contributed by atoms with E-state index in [2.05, 4.69) is 48.1 Å². The van der Waals surface area contributed by atoms with Crippen molar-refractivity contribution in [1.29, 1.82) is 0 Å². The molecule has 3 heteroatoms. The molecule has 3 nitrogen and oxygen atoms in total. The highest BCUT2D eigenvalue weighted by Crippen LogP contribution is 2.25. The van der Waals surface area contributed by atoms with Crippen molar-refractivity contribution < 1.29 is 0 Å². The Labute approximate surface area is 130 Å². The van der Waals surface area contributed by atoms with Gasteiger partial charge in [0.05, 0.1) is 0 Å². The maximum Gasteiger partial charge on any atom is 0.128 e. The molecule has 0 unspecified atom stereocenters. The highest BCUT2D eigenvalue weighted by atomic mass is 15.2. The van der Waals surface area contributed by atoms with Gasteiger partial charge in [-0.15, -0.1) is 0 Å². The zero-order valence-electron chi connectivity index (χ0n) is 13.9. The predicted molar refractivity (Wildman–Crippen MR) is 90.6 cm³/mol. The van der Waals surface area contributed by atoms with Gasteiger partial charge in [-0.1, -0.05) is 33.6 Å². The lowest BCUT2D eigenvalue weighted by Gasteiger charge is -2.33. The molecular weight excluding hydrogens is 258 g/mol. The normalized spacial score (nSPS) is 16.7. The Hall–Kier alpha value is -1.09. The zero-order chi connectivity index (χ0) is 15.1.